The SMILES string of the molecule is CCNC(C)c1cc(Br)ccc1OCCO. The molecule has 0 aliphatic carbocycles. The van der Waals surface area contributed by atoms with Gasteiger partial charge in [-0.2, -0.15) is 0 Å². The third kappa shape index (κ3) is 3.77. The first-order chi connectivity index (χ1) is 7.69. The minimum Gasteiger partial charge on any atom is -0.491 e. The Kier molecular flexibility index (Phi) is 5.80. The summed E-state index contributed by atoms with van der Waals surface area (Å²) in [5.41, 5.74) is 1.10. The van der Waals surface area contributed by atoms with Crippen LogP contribution in [0.3, 0.4) is 0 Å². The van der Waals surface area contributed by atoms with Gasteiger partial charge in [-0.15, -0.1) is 0 Å². The summed E-state index contributed by atoms with van der Waals surface area (Å²) in [5.74, 6) is 0.825. The van der Waals surface area contributed by atoms with Gasteiger partial charge in [0.25, 0.3) is 0 Å². The number of ether oxygens (including phenoxy) is 1. The largest absolute Gasteiger partial charge is 0.491 e. The quantitative estimate of drug-likeness (QED) is 0.845. The van der Waals surface area contributed by atoms with Crippen LogP contribution in [0.25, 0.3) is 0 Å². The fourth-order valence-electron chi connectivity index (χ4n) is 1.56. The predicted molar refractivity (Wildman–Crippen MR) is 68.8 cm³/mol. The first kappa shape index (κ1) is 13.5. The molecule has 16 heavy (non-hydrogen) atoms. The summed E-state index contributed by atoms with van der Waals surface area (Å²) >= 11 is 3.45. The van der Waals surface area contributed by atoms with E-state index in [4.69, 9.17) is 9.84 Å². The highest BCUT2D eigenvalue weighted by Crippen LogP contribution is 2.28. The van der Waals surface area contributed by atoms with Gasteiger partial charge in [0.1, 0.15) is 12.4 Å². The Balaban J connectivity index is 2.88. The molecule has 0 fully saturated rings. The second-order valence-electron chi connectivity index (χ2n) is 3.53. The third-order valence-corrected chi connectivity index (χ3v) is 2.79. The number of benzene rings is 1. The normalized spacial score (nSPS) is 12.5. The van der Waals surface area contributed by atoms with Crippen molar-refractivity contribution in [3.8, 4) is 5.75 Å². The Bertz CT molecular complexity index is 331. The molecule has 1 aromatic rings. The van der Waals surface area contributed by atoms with Gasteiger partial charge in [-0.1, -0.05) is 22.9 Å². The second kappa shape index (κ2) is 6.89. The molecule has 1 rings (SSSR count). The zero-order valence-electron chi connectivity index (χ0n) is 9.66. The zero-order valence-corrected chi connectivity index (χ0v) is 11.3. The number of nitrogens with one attached hydrogen (secondary N) is 1. The molecule has 0 saturated heterocycles. The van der Waals surface area contributed by atoms with Crippen LogP contribution in [-0.4, -0.2) is 24.9 Å². The summed E-state index contributed by atoms with van der Waals surface area (Å²) in [6, 6.07) is 6.13. The van der Waals surface area contributed by atoms with Crippen LogP contribution < -0.4 is 10.1 Å². The van der Waals surface area contributed by atoms with Gasteiger partial charge in [-0.05, 0) is 31.7 Å². The molecule has 0 aliphatic heterocycles. The van der Waals surface area contributed by atoms with Crippen LogP contribution in [0.15, 0.2) is 22.7 Å². The van der Waals surface area contributed by atoms with Gasteiger partial charge in [0.15, 0.2) is 0 Å². The summed E-state index contributed by atoms with van der Waals surface area (Å²) < 4.78 is 6.53. The van der Waals surface area contributed by atoms with E-state index >= 15 is 0 Å². The summed E-state index contributed by atoms with van der Waals surface area (Å²) in [5, 5.41) is 12.1. The molecule has 0 radical (unpaired) electrons. The van der Waals surface area contributed by atoms with E-state index in [0.29, 0.717) is 6.61 Å². The lowest BCUT2D eigenvalue weighted by Gasteiger charge is -2.17. The monoisotopic (exact) mass is 287 g/mol. The molecule has 0 aromatic heterocycles. The maximum Gasteiger partial charge on any atom is 0.124 e. The van der Waals surface area contributed by atoms with Gasteiger partial charge in [-0.25, -0.2) is 0 Å². The number of hydrogen-bond acceptors (Lipinski definition) is 3. The molecule has 0 amide bonds. The van der Waals surface area contributed by atoms with E-state index in [9.17, 15) is 0 Å². The molecular formula is C12H18BrNO2. The molecule has 0 aliphatic rings. The average molecular weight is 288 g/mol. The summed E-state index contributed by atoms with van der Waals surface area (Å²) in [7, 11) is 0. The van der Waals surface area contributed by atoms with E-state index in [0.717, 1.165) is 22.3 Å². The van der Waals surface area contributed by atoms with Gasteiger partial charge >= 0.3 is 0 Å². The molecule has 3 nitrogen and oxygen atoms in total. The summed E-state index contributed by atoms with van der Waals surface area (Å²) in [6.07, 6.45) is 0. The van der Waals surface area contributed by atoms with Crippen molar-refractivity contribution >= 4 is 15.9 Å². The molecule has 0 spiro atoms. The van der Waals surface area contributed by atoms with Gasteiger partial charge in [-0.3, -0.25) is 0 Å². The van der Waals surface area contributed by atoms with E-state index in [1.807, 2.05) is 18.2 Å². The van der Waals surface area contributed by atoms with Crippen molar-refractivity contribution in [3.05, 3.63) is 28.2 Å². The Labute approximate surface area is 105 Å². The lowest BCUT2D eigenvalue weighted by Crippen LogP contribution is -2.19. The van der Waals surface area contributed by atoms with Crippen LogP contribution in [0.5, 0.6) is 5.75 Å². The Hall–Kier alpha value is -0.580. The Morgan fingerprint density at radius 2 is 2.25 bits per heavy atom. The van der Waals surface area contributed by atoms with E-state index in [1.165, 1.54) is 0 Å². The van der Waals surface area contributed by atoms with Crippen molar-refractivity contribution in [1.29, 1.82) is 0 Å². The fourth-order valence-corrected chi connectivity index (χ4v) is 1.94. The third-order valence-electron chi connectivity index (χ3n) is 2.30. The maximum absolute atomic E-state index is 8.77. The molecule has 1 unspecified atom stereocenters. The number of aliphatic hydroxyl groups is 1. The highest BCUT2D eigenvalue weighted by molar-refractivity contribution is 9.10. The molecule has 0 saturated carbocycles. The van der Waals surface area contributed by atoms with E-state index in [-0.39, 0.29) is 12.6 Å². The van der Waals surface area contributed by atoms with Crippen molar-refractivity contribution in [3.63, 3.8) is 0 Å². The van der Waals surface area contributed by atoms with Gasteiger partial charge in [0.05, 0.1) is 6.61 Å². The van der Waals surface area contributed by atoms with Crippen molar-refractivity contribution in [2.75, 3.05) is 19.8 Å². The molecule has 2 N–H and O–H groups in total. The lowest BCUT2D eigenvalue weighted by atomic mass is 10.1. The topological polar surface area (TPSA) is 41.5 Å². The van der Waals surface area contributed by atoms with E-state index in [2.05, 4.69) is 35.1 Å². The van der Waals surface area contributed by atoms with Gasteiger partial charge < -0.3 is 15.2 Å². The van der Waals surface area contributed by atoms with Crippen molar-refractivity contribution in [2.24, 2.45) is 0 Å². The van der Waals surface area contributed by atoms with Crippen LogP contribution in [0.2, 0.25) is 0 Å². The smallest absolute Gasteiger partial charge is 0.124 e. The molecule has 0 bridgehead atoms. The van der Waals surface area contributed by atoms with Crippen molar-refractivity contribution in [2.45, 2.75) is 19.9 Å². The number of aliphatic hydroxyl groups excluding tert-OH is 1. The molecule has 1 aromatic carbocycles. The predicted octanol–water partition coefficient (Wildman–Crippen LogP) is 2.49. The average Bonchev–Trinajstić information content (AvgIpc) is 2.27. The van der Waals surface area contributed by atoms with E-state index in [1.54, 1.807) is 0 Å². The highest BCUT2D eigenvalue weighted by Gasteiger charge is 2.11. The molecule has 1 atom stereocenters. The minimum absolute atomic E-state index is 0.0328. The van der Waals surface area contributed by atoms with Gasteiger partial charge in [0.2, 0.25) is 0 Å². The van der Waals surface area contributed by atoms with Crippen LogP contribution >= 0.6 is 15.9 Å². The van der Waals surface area contributed by atoms with Crippen LogP contribution in [0.4, 0.5) is 0 Å². The number of halogens is 1. The summed E-state index contributed by atoms with van der Waals surface area (Å²) in [6.45, 7) is 5.44. The standard InChI is InChI=1S/C12H18BrNO2/c1-3-14-9(2)11-8-10(13)4-5-12(11)16-7-6-15/h4-5,8-9,14-15H,3,6-7H2,1-2H3. The summed E-state index contributed by atoms with van der Waals surface area (Å²) in [4.78, 5) is 0. The maximum atomic E-state index is 8.77. The lowest BCUT2D eigenvalue weighted by molar-refractivity contribution is 0.199. The number of hydrogen-bond donors (Lipinski definition) is 2. The number of rotatable bonds is 6. The van der Waals surface area contributed by atoms with Crippen LogP contribution in [-0.2, 0) is 0 Å². The molecule has 4 heteroatoms. The van der Waals surface area contributed by atoms with Gasteiger partial charge in [0, 0.05) is 16.1 Å². The molecule has 0 heterocycles. The first-order valence-electron chi connectivity index (χ1n) is 5.45. The Morgan fingerprint density at radius 1 is 1.50 bits per heavy atom. The van der Waals surface area contributed by atoms with Crippen molar-refractivity contribution in [1.82, 2.24) is 5.32 Å². The van der Waals surface area contributed by atoms with Crippen molar-refractivity contribution < 1.29 is 9.84 Å². The van der Waals surface area contributed by atoms with Crippen LogP contribution in [0.1, 0.15) is 25.5 Å². The minimum atomic E-state index is 0.0328. The molecule has 90 valence electrons. The highest BCUT2D eigenvalue weighted by atomic mass is 79.9. The molecular weight excluding hydrogens is 270 g/mol. The van der Waals surface area contributed by atoms with Crippen LogP contribution in [0, 0.1) is 0 Å². The second-order valence-corrected chi connectivity index (χ2v) is 4.45. The zero-order chi connectivity index (χ0) is 12.0. The fraction of sp³-hybridized carbons (Fsp3) is 0.500. The van der Waals surface area contributed by atoms with E-state index < -0.39 is 0 Å². The Morgan fingerprint density at radius 3 is 2.88 bits per heavy atom. The first-order valence-corrected chi connectivity index (χ1v) is 6.24.